The number of nitrogens with one attached hydrogen (secondary N) is 1. The van der Waals surface area contributed by atoms with Crippen LogP contribution in [0.25, 0.3) is 16.9 Å². The number of ether oxygens (including phenoxy) is 1. The van der Waals surface area contributed by atoms with E-state index >= 15 is 0 Å². The number of benzene rings is 1. The second kappa shape index (κ2) is 5.51. The summed E-state index contributed by atoms with van der Waals surface area (Å²) in [5, 5.41) is 8.12. The summed E-state index contributed by atoms with van der Waals surface area (Å²) in [6.07, 6.45) is 0. The van der Waals surface area contributed by atoms with Gasteiger partial charge in [0.25, 0.3) is 0 Å². The molecule has 1 aromatic carbocycles. The van der Waals surface area contributed by atoms with E-state index < -0.39 is 0 Å². The number of nitrogens with zero attached hydrogens (tertiary/aromatic N) is 3. The van der Waals surface area contributed by atoms with Gasteiger partial charge < -0.3 is 10.1 Å². The fourth-order valence-corrected chi connectivity index (χ4v) is 2.83. The predicted molar refractivity (Wildman–Crippen MR) is 84.7 cm³/mol. The van der Waals surface area contributed by atoms with Gasteiger partial charge in [-0.2, -0.15) is 5.10 Å². The molecule has 5 heteroatoms. The van der Waals surface area contributed by atoms with E-state index in [1.54, 1.807) is 0 Å². The number of morpholine rings is 1. The summed E-state index contributed by atoms with van der Waals surface area (Å²) in [4.78, 5) is 4.75. The van der Waals surface area contributed by atoms with Crippen molar-refractivity contribution in [2.45, 2.75) is 13.0 Å². The van der Waals surface area contributed by atoms with E-state index in [0.29, 0.717) is 6.61 Å². The lowest BCUT2D eigenvalue weighted by molar-refractivity contribution is 0.0755. The Morgan fingerprint density at radius 2 is 2.09 bits per heavy atom. The summed E-state index contributed by atoms with van der Waals surface area (Å²) in [7, 11) is 0. The monoisotopic (exact) mass is 294 g/mol. The third-order valence-corrected chi connectivity index (χ3v) is 3.97. The molecule has 3 heterocycles. The van der Waals surface area contributed by atoms with Crippen molar-refractivity contribution in [2.24, 2.45) is 0 Å². The van der Waals surface area contributed by atoms with Crippen LogP contribution in [0.3, 0.4) is 0 Å². The third kappa shape index (κ3) is 2.38. The maximum Gasteiger partial charge on any atom is 0.156 e. The number of fused-ring (bicyclic) bond motifs is 1. The minimum Gasteiger partial charge on any atom is -0.378 e. The molecule has 1 unspecified atom stereocenters. The van der Waals surface area contributed by atoms with Crippen LogP contribution in [0.5, 0.6) is 0 Å². The first kappa shape index (κ1) is 13.4. The van der Waals surface area contributed by atoms with Crippen LogP contribution in [0.15, 0.2) is 42.5 Å². The largest absolute Gasteiger partial charge is 0.378 e. The molecule has 0 aliphatic carbocycles. The molecule has 3 aromatic rings. The van der Waals surface area contributed by atoms with Gasteiger partial charge >= 0.3 is 0 Å². The molecule has 2 aromatic heterocycles. The molecule has 1 saturated heterocycles. The Bertz CT molecular complexity index is 791. The fraction of sp³-hybridized carbons (Fsp3) is 0.294. The van der Waals surface area contributed by atoms with E-state index in [0.717, 1.165) is 41.4 Å². The standard InChI is InChI=1S/C17H18N4O/c1-12-9-14(13-5-3-2-4-6-13)19-17-10-15(20-21(12)17)16-11-22-8-7-18-16/h2-6,9-10,16,18H,7-8,11H2,1H3. The van der Waals surface area contributed by atoms with Crippen molar-refractivity contribution in [3.8, 4) is 11.3 Å². The van der Waals surface area contributed by atoms with Gasteiger partial charge in [-0.25, -0.2) is 9.50 Å². The Hall–Kier alpha value is -2.24. The third-order valence-electron chi connectivity index (χ3n) is 3.97. The van der Waals surface area contributed by atoms with Gasteiger partial charge in [-0.05, 0) is 13.0 Å². The van der Waals surface area contributed by atoms with Crippen LogP contribution in [0.4, 0.5) is 0 Å². The molecule has 0 amide bonds. The Labute approximate surface area is 128 Å². The second-order valence-corrected chi connectivity index (χ2v) is 5.57. The number of rotatable bonds is 2. The van der Waals surface area contributed by atoms with Gasteiger partial charge in [-0.1, -0.05) is 30.3 Å². The minimum atomic E-state index is 0.148. The molecule has 1 aliphatic rings. The Morgan fingerprint density at radius 1 is 1.23 bits per heavy atom. The van der Waals surface area contributed by atoms with Crippen LogP contribution in [-0.4, -0.2) is 34.4 Å². The fourth-order valence-electron chi connectivity index (χ4n) is 2.83. The van der Waals surface area contributed by atoms with Crippen LogP contribution in [-0.2, 0) is 4.74 Å². The van der Waals surface area contributed by atoms with Crippen molar-refractivity contribution in [2.75, 3.05) is 19.8 Å². The topological polar surface area (TPSA) is 51.5 Å². The average molecular weight is 294 g/mol. The second-order valence-electron chi connectivity index (χ2n) is 5.57. The first-order valence-electron chi connectivity index (χ1n) is 7.55. The summed E-state index contributed by atoms with van der Waals surface area (Å²) in [5.74, 6) is 0. The molecule has 4 rings (SSSR count). The summed E-state index contributed by atoms with van der Waals surface area (Å²) < 4.78 is 7.42. The molecule has 5 nitrogen and oxygen atoms in total. The number of hydrogen-bond acceptors (Lipinski definition) is 4. The van der Waals surface area contributed by atoms with Gasteiger partial charge in [0.2, 0.25) is 0 Å². The molecule has 1 atom stereocenters. The van der Waals surface area contributed by atoms with E-state index in [1.807, 2.05) is 28.8 Å². The zero-order valence-corrected chi connectivity index (χ0v) is 12.5. The highest BCUT2D eigenvalue weighted by Gasteiger charge is 2.19. The van der Waals surface area contributed by atoms with Crippen LogP contribution in [0, 0.1) is 6.92 Å². The SMILES string of the molecule is Cc1cc(-c2ccccc2)nc2cc(C3COCCN3)nn12. The Kier molecular flexibility index (Phi) is 3.36. The molecule has 1 aliphatic heterocycles. The van der Waals surface area contributed by atoms with Crippen molar-refractivity contribution in [1.29, 1.82) is 0 Å². The highest BCUT2D eigenvalue weighted by Crippen LogP contribution is 2.22. The van der Waals surface area contributed by atoms with Crippen molar-refractivity contribution < 1.29 is 4.74 Å². The molecule has 1 N–H and O–H groups in total. The summed E-state index contributed by atoms with van der Waals surface area (Å²) in [5.41, 5.74) is 5.04. The summed E-state index contributed by atoms with van der Waals surface area (Å²) >= 11 is 0. The molecule has 0 bridgehead atoms. The zero-order chi connectivity index (χ0) is 14.9. The zero-order valence-electron chi connectivity index (χ0n) is 12.5. The van der Waals surface area contributed by atoms with Crippen LogP contribution in [0.1, 0.15) is 17.4 Å². The molecule has 22 heavy (non-hydrogen) atoms. The lowest BCUT2D eigenvalue weighted by Crippen LogP contribution is -2.34. The smallest absolute Gasteiger partial charge is 0.156 e. The van der Waals surface area contributed by atoms with E-state index in [9.17, 15) is 0 Å². The lowest BCUT2D eigenvalue weighted by atomic mass is 10.1. The molecule has 0 spiro atoms. The van der Waals surface area contributed by atoms with Crippen LogP contribution < -0.4 is 5.32 Å². The molecule has 0 saturated carbocycles. The maximum absolute atomic E-state index is 5.52. The quantitative estimate of drug-likeness (QED) is 0.788. The normalized spacial score (nSPS) is 18.7. The summed E-state index contributed by atoms with van der Waals surface area (Å²) in [6, 6.07) is 14.5. The Balaban J connectivity index is 1.77. The van der Waals surface area contributed by atoms with Crippen molar-refractivity contribution in [3.05, 3.63) is 53.9 Å². The van der Waals surface area contributed by atoms with Crippen molar-refractivity contribution in [1.82, 2.24) is 19.9 Å². The van der Waals surface area contributed by atoms with Crippen LogP contribution >= 0.6 is 0 Å². The molecule has 1 fully saturated rings. The molecule has 112 valence electrons. The van der Waals surface area contributed by atoms with Crippen molar-refractivity contribution in [3.63, 3.8) is 0 Å². The number of aromatic nitrogens is 3. The minimum absolute atomic E-state index is 0.148. The van der Waals surface area contributed by atoms with Gasteiger partial charge in [0.15, 0.2) is 5.65 Å². The predicted octanol–water partition coefficient (Wildman–Crippen LogP) is 2.37. The average Bonchev–Trinajstić information content (AvgIpc) is 3.01. The molecule has 0 radical (unpaired) electrons. The molecular formula is C17H18N4O. The van der Waals surface area contributed by atoms with E-state index in [1.165, 1.54) is 0 Å². The van der Waals surface area contributed by atoms with Gasteiger partial charge in [0, 0.05) is 23.9 Å². The van der Waals surface area contributed by atoms with Crippen molar-refractivity contribution >= 4 is 5.65 Å². The van der Waals surface area contributed by atoms with Gasteiger partial charge in [0.1, 0.15) is 0 Å². The van der Waals surface area contributed by atoms with Gasteiger partial charge in [0.05, 0.1) is 30.6 Å². The first-order valence-corrected chi connectivity index (χ1v) is 7.55. The highest BCUT2D eigenvalue weighted by molar-refractivity contribution is 5.62. The van der Waals surface area contributed by atoms with E-state index in [-0.39, 0.29) is 6.04 Å². The molecular weight excluding hydrogens is 276 g/mol. The Morgan fingerprint density at radius 3 is 2.86 bits per heavy atom. The summed E-state index contributed by atoms with van der Waals surface area (Å²) in [6.45, 7) is 4.34. The first-order chi connectivity index (χ1) is 10.8. The number of hydrogen-bond donors (Lipinski definition) is 1. The van der Waals surface area contributed by atoms with Gasteiger partial charge in [-0.3, -0.25) is 0 Å². The highest BCUT2D eigenvalue weighted by atomic mass is 16.5. The van der Waals surface area contributed by atoms with E-state index in [2.05, 4.69) is 35.5 Å². The van der Waals surface area contributed by atoms with E-state index in [4.69, 9.17) is 9.72 Å². The van der Waals surface area contributed by atoms with Gasteiger partial charge in [-0.15, -0.1) is 0 Å². The lowest BCUT2D eigenvalue weighted by Gasteiger charge is -2.21. The maximum atomic E-state index is 5.52. The van der Waals surface area contributed by atoms with Crippen LogP contribution in [0.2, 0.25) is 0 Å². The number of aryl methyl sites for hydroxylation is 1.